The van der Waals surface area contributed by atoms with Gasteiger partial charge in [0.2, 0.25) is 0 Å². The Balaban J connectivity index is 2.38. The second kappa shape index (κ2) is 5.72. The predicted octanol–water partition coefficient (Wildman–Crippen LogP) is 3.63. The molecule has 0 radical (unpaired) electrons. The Morgan fingerprint density at radius 1 is 1.30 bits per heavy atom. The Kier molecular flexibility index (Phi) is 4.02. The second-order valence-electron chi connectivity index (χ2n) is 4.13. The molecule has 2 aromatic carbocycles. The van der Waals surface area contributed by atoms with E-state index in [0.717, 1.165) is 4.90 Å². The van der Waals surface area contributed by atoms with Crippen LogP contribution in [0.2, 0.25) is 5.02 Å². The Morgan fingerprint density at radius 3 is 2.70 bits per heavy atom. The molecule has 0 fully saturated rings. The van der Waals surface area contributed by atoms with Crippen LogP contribution < -0.4 is 4.90 Å². The number of anilines is 1. The van der Waals surface area contributed by atoms with E-state index in [1.165, 1.54) is 25.2 Å². The summed E-state index contributed by atoms with van der Waals surface area (Å²) in [5.74, 6) is -1.07. The lowest BCUT2D eigenvalue weighted by Crippen LogP contribution is -2.27. The number of nitriles is 1. The summed E-state index contributed by atoms with van der Waals surface area (Å²) in [4.78, 5) is 13.4. The first kappa shape index (κ1) is 14.0. The third kappa shape index (κ3) is 2.63. The van der Waals surface area contributed by atoms with Crippen molar-refractivity contribution in [2.75, 3.05) is 11.9 Å². The molecule has 0 aromatic heterocycles. The number of carbonyl (C=O) groups is 1. The van der Waals surface area contributed by atoms with Crippen LogP contribution in [0.15, 0.2) is 42.5 Å². The van der Waals surface area contributed by atoms with Crippen LogP contribution in [0.5, 0.6) is 0 Å². The first-order chi connectivity index (χ1) is 9.54. The molecule has 0 spiro atoms. The maximum Gasteiger partial charge on any atom is 0.258 e. The average Bonchev–Trinajstić information content (AvgIpc) is 2.48. The molecule has 2 rings (SSSR count). The largest absolute Gasteiger partial charge is 0.309 e. The molecule has 3 nitrogen and oxygen atoms in total. The van der Waals surface area contributed by atoms with Gasteiger partial charge in [-0.05, 0) is 30.3 Å². The van der Waals surface area contributed by atoms with Crippen molar-refractivity contribution in [1.82, 2.24) is 0 Å². The van der Waals surface area contributed by atoms with Crippen LogP contribution in [-0.4, -0.2) is 13.0 Å². The molecule has 1 amide bonds. The Bertz CT molecular complexity index is 709. The minimum absolute atomic E-state index is 0.0482. The Hall–Kier alpha value is -2.38. The molecule has 0 aliphatic rings. The maximum atomic E-state index is 13.9. The summed E-state index contributed by atoms with van der Waals surface area (Å²) in [5.41, 5.74) is 0.770. The smallest absolute Gasteiger partial charge is 0.258 e. The quantitative estimate of drug-likeness (QED) is 0.847. The van der Waals surface area contributed by atoms with Gasteiger partial charge < -0.3 is 4.90 Å². The van der Waals surface area contributed by atoms with E-state index < -0.39 is 11.7 Å². The summed E-state index contributed by atoms with van der Waals surface area (Å²) in [6, 6.07) is 12.6. The van der Waals surface area contributed by atoms with Gasteiger partial charge in [-0.2, -0.15) is 5.26 Å². The minimum Gasteiger partial charge on any atom is -0.309 e. The zero-order valence-corrected chi connectivity index (χ0v) is 11.4. The van der Waals surface area contributed by atoms with Gasteiger partial charge >= 0.3 is 0 Å². The molecule has 0 heterocycles. The zero-order valence-electron chi connectivity index (χ0n) is 10.6. The van der Waals surface area contributed by atoms with Crippen molar-refractivity contribution in [2.45, 2.75) is 0 Å². The molecular formula is C15H10ClFN2O. The molecule has 0 aliphatic carbocycles. The summed E-state index contributed by atoms with van der Waals surface area (Å²) >= 11 is 5.70. The minimum atomic E-state index is -0.651. The van der Waals surface area contributed by atoms with Gasteiger partial charge in [-0.25, -0.2) is 4.39 Å². The fourth-order valence-corrected chi connectivity index (χ4v) is 1.95. The molecule has 100 valence electrons. The highest BCUT2D eigenvalue weighted by atomic mass is 35.5. The summed E-state index contributed by atoms with van der Waals surface area (Å²) in [7, 11) is 1.45. The normalized spacial score (nSPS) is 9.90. The van der Waals surface area contributed by atoms with Crippen molar-refractivity contribution < 1.29 is 9.18 Å². The van der Waals surface area contributed by atoms with Crippen LogP contribution in [0.25, 0.3) is 0 Å². The van der Waals surface area contributed by atoms with Gasteiger partial charge in [0.05, 0.1) is 22.3 Å². The summed E-state index contributed by atoms with van der Waals surface area (Å²) in [6.45, 7) is 0. The van der Waals surface area contributed by atoms with Crippen LogP contribution in [0, 0.1) is 17.1 Å². The molecule has 0 saturated carbocycles. The summed E-state index contributed by atoms with van der Waals surface area (Å²) in [6.07, 6.45) is 0. The number of benzene rings is 2. The standard InChI is InChI=1S/C15H10ClFN2O/c1-19(13-7-3-6-12(16)14(13)17)15(20)11-5-2-4-10(8-11)9-18/h2-8H,1H3. The van der Waals surface area contributed by atoms with E-state index in [2.05, 4.69) is 0 Å². The second-order valence-corrected chi connectivity index (χ2v) is 4.54. The van der Waals surface area contributed by atoms with Crippen LogP contribution >= 0.6 is 11.6 Å². The monoisotopic (exact) mass is 288 g/mol. The van der Waals surface area contributed by atoms with Crippen LogP contribution in [0.1, 0.15) is 15.9 Å². The fourth-order valence-electron chi connectivity index (χ4n) is 1.78. The van der Waals surface area contributed by atoms with Crippen molar-refractivity contribution in [3.8, 4) is 6.07 Å². The SMILES string of the molecule is CN(C(=O)c1cccc(C#N)c1)c1cccc(Cl)c1F. The summed E-state index contributed by atoms with van der Waals surface area (Å²) < 4.78 is 13.9. The van der Waals surface area contributed by atoms with Crippen LogP contribution in [0.4, 0.5) is 10.1 Å². The van der Waals surface area contributed by atoms with Crippen molar-refractivity contribution >= 4 is 23.2 Å². The van der Waals surface area contributed by atoms with E-state index in [-0.39, 0.29) is 10.7 Å². The molecule has 0 saturated heterocycles. The lowest BCUT2D eigenvalue weighted by Gasteiger charge is -2.18. The lowest BCUT2D eigenvalue weighted by atomic mass is 10.1. The number of amides is 1. The van der Waals surface area contributed by atoms with Gasteiger partial charge in [-0.15, -0.1) is 0 Å². The fraction of sp³-hybridized carbons (Fsp3) is 0.0667. The first-order valence-electron chi connectivity index (χ1n) is 5.77. The number of rotatable bonds is 2. The number of nitrogens with zero attached hydrogens (tertiary/aromatic N) is 2. The van der Waals surface area contributed by atoms with Crippen molar-refractivity contribution in [2.24, 2.45) is 0 Å². The van der Waals surface area contributed by atoms with E-state index in [1.807, 2.05) is 6.07 Å². The molecule has 0 N–H and O–H groups in total. The molecule has 0 atom stereocenters. The van der Waals surface area contributed by atoms with Crippen molar-refractivity contribution in [1.29, 1.82) is 5.26 Å². The lowest BCUT2D eigenvalue weighted by molar-refractivity contribution is 0.0992. The highest BCUT2D eigenvalue weighted by Crippen LogP contribution is 2.25. The average molecular weight is 289 g/mol. The molecule has 0 unspecified atom stereocenters. The zero-order chi connectivity index (χ0) is 14.7. The highest BCUT2D eigenvalue weighted by molar-refractivity contribution is 6.31. The Labute approximate surface area is 120 Å². The number of hydrogen-bond acceptors (Lipinski definition) is 2. The van der Waals surface area contributed by atoms with Gasteiger partial charge in [0.15, 0.2) is 5.82 Å². The maximum absolute atomic E-state index is 13.9. The van der Waals surface area contributed by atoms with E-state index in [0.29, 0.717) is 11.1 Å². The number of carbonyl (C=O) groups excluding carboxylic acids is 1. The molecule has 5 heteroatoms. The molecule has 0 aliphatic heterocycles. The third-order valence-corrected chi connectivity index (χ3v) is 3.13. The third-order valence-electron chi connectivity index (χ3n) is 2.84. The van der Waals surface area contributed by atoms with Crippen molar-refractivity contribution in [3.05, 3.63) is 64.4 Å². The van der Waals surface area contributed by atoms with Crippen LogP contribution in [0.3, 0.4) is 0 Å². The summed E-state index contributed by atoms with van der Waals surface area (Å²) in [5, 5.41) is 8.78. The molecule has 0 bridgehead atoms. The van der Waals surface area contributed by atoms with Gasteiger partial charge in [-0.1, -0.05) is 23.7 Å². The molecule has 2 aromatic rings. The first-order valence-corrected chi connectivity index (χ1v) is 6.14. The Morgan fingerprint density at radius 2 is 2.00 bits per heavy atom. The highest BCUT2D eigenvalue weighted by Gasteiger charge is 2.18. The predicted molar refractivity (Wildman–Crippen MR) is 75.3 cm³/mol. The van der Waals surface area contributed by atoms with Gasteiger partial charge in [0.25, 0.3) is 5.91 Å². The van der Waals surface area contributed by atoms with Crippen LogP contribution in [-0.2, 0) is 0 Å². The van der Waals surface area contributed by atoms with E-state index >= 15 is 0 Å². The van der Waals surface area contributed by atoms with Gasteiger partial charge in [-0.3, -0.25) is 4.79 Å². The van der Waals surface area contributed by atoms with E-state index in [9.17, 15) is 9.18 Å². The number of halogens is 2. The number of hydrogen-bond donors (Lipinski definition) is 0. The van der Waals surface area contributed by atoms with E-state index in [4.69, 9.17) is 16.9 Å². The van der Waals surface area contributed by atoms with Crippen molar-refractivity contribution in [3.63, 3.8) is 0 Å². The molecule has 20 heavy (non-hydrogen) atoms. The van der Waals surface area contributed by atoms with Gasteiger partial charge in [0, 0.05) is 12.6 Å². The van der Waals surface area contributed by atoms with Gasteiger partial charge in [0.1, 0.15) is 0 Å². The molecular weight excluding hydrogens is 279 g/mol. The topological polar surface area (TPSA) is 44.1 Å². The van der Waals surface area contributed by atoms with E-state index in [1.54, 1.807) is 24.3 Å².